The number of rotatable bonds is 39. The van der Waals surface area contributed by atoms with E-state index >= 15 is 0 Å². The van der Waals surface area contributed by atoms with Crippen LogP contribution in [-0.2, 0) is 14.3 Å². The predicted octanol–water partition coefficient (Wildman–Crippen LogP) is 8.00. The lowest BCUT2D eigenvalue weighted by Gasteiger charge is -2.40. The third-order valence-electron chi connectivity index (χ3n) is 11.4. The molecule has 0 spiro atoms. The van der Waals surface area contributed by atoms with Gasteiger partial charge in [-0.2, -0.15) is 0 Å². The van der Waals surface area contributed by atoms with Crippen LogP contribution in [-0.4, -0.2) is 110 Å². The molecule has 11 nitrogen and oxygen atoms in total. The first-order chi connectivity index (χ1) is 28.7. The van der Waals surface area contributed by atoms with Gasteiger partial charge in [0.15, 0.2) is 6.29 Å². The molecule has 8 N–H and O–H groups in total. The largest absolute Gasteiger partial charge is 0.394 e. The van der Waals surface area contributed by atoms with Gasteiger partial charge in [-0.15, -0.1) is 0 Å². The number of nitrogens with one attached hydrogen (secondary N) is 1. The molecule has 0 bridgehead atoms. The zero-order valence-corrected chi connectivity index (χ0v) is 37.2. The summed E-state index contributed by atoms with van der Waals surface area (Å²) in [6.07, 6.45) is 31.9. The van der Waals surface area contributed by atoms with E-state index in [0.717, 1.165) is 57.8 Å². The smallest absolute Gasteiger partial charge is 0.249 e. The van der Waals surface area contributed by atoms with Crippen molar-refractivity contribution in [2.75, 3.05) is 13.2 Å². The first kappa shape index (κ1) is 55.3. The third-order valence-corrected chi connectivity index (χ3v) is 11.4. The van der Waals surface area contributed by atoms with Crippen molar-refractivity contribution in [3.63, 3.8) is 0 Å². The average Bonchev–Trinajstić information content (AvgIpc) is 3.23. The highest BCUT2D eigenvalue weighted by molar-refractivity contribution is 5.80. The summed E-state index contributed by atoms with van der Waals surface area (Å²) in [5.74, 6) is -0.720. The van der Waals surface area contributed by atoms with E-state index in [0.29, 0.717) is 12.8 Å². The number of amides is 1. The minimum Gasteiger partial charge on any atom is -0.394 e. The number of hydrogen-bond donors (Lipinski definition) is 8. The molecule has 1 amide bonds. The maximum atomic E-state index is 13.1. The van der Waals surface area contributed by atoms with Gasteiger partial charge in [-0.1, -0.05) is 166 Å². The van der Waals surface area contributed by atoms with E-state index in [-0.39, 0.29) is 12.8 Å². The van der Waals surface area contributed by atoms with Gasteiger partial charge >= 0.3 is 0 Å². The molecule has 0 aliphatic carbocycles. The van der Waals surface area contributed by atoms with Crippen molar-refractivity contribution in [3.05, 3.63) is 36.5 Å². The monoisotopic (exact) mass is 840 g/mol. The van der Waals surface area contributed by atoms with Crippen molar-refractivity contribution in [1.29, 1.82) is 0 Å². The third kappa shape index (κ3) is 27.8. The van der Waals surface area contributed by atoms with E-state index in [1.807, 2.05) is 0 Å². The molecule has 1 saturated heterocycles. The molecule has 1 rings (SSSR count). The van der Waals surface area contributed by atoms with Gasteiger partial charge in [0.05, 0.1) is 25.4 Å². The zero-order chi connectivity index (χ0) is 43.4. The normalized spacial score (nSPS) is 22.1. The number of aliphatic hydroxyl groups is 7. The number of allylic oxidation sites excluding steroid dienone is 6. The van der Waals surface area contributed by atoms with E-state index in [1.165, 1.54) is 96.3 Å². The molecule has 1 fully saturated rings. The lowest BCUT2D eigenvalue weighted by molar-refractivity contribution is -0.303. The molecule has 11 heteroatoms. The second kappa shape index (κ2) is 38.0. The van der Waals surface area contributed by atoms with Crippen LogP contribution in [0.15, 0.2) is 36.5 Å². The molecule has 1 aliphatic rings. The molecule has 0 aromatic heterocycles. The standard InChI is InChI=1S/C48H89NO10/c1-3-5-7-9-11-13-15-17-19-20-21-22-24-25-27-29-31-33-35-40(51)43(53)39(38-58-48-46(56)45(55)44(54)42(37-50)59-48)49-47(57)41(52)36-34-32-30-28-26-23-18-16-14-12-10-8-6-4-2/h12,14,16,18,27,29,39-46,48,50-56H,3-11,13,15,17,19-26,28,30-38H2,1-2H3,(H,49,57)/b14-12-,18-16-,29-27+. The fraction of sp³-hybridized carbons (Fsp3) is 0.854. The lowest BCUT2D eigenvalue weighted by atomic mass is 9.98. The summed E-state index contributed by atoms with van der Waals surface area (Å²) in [7, 11) is 0. The molecule has 346 valence electrons. The topological polar surface area (TPSA) is 189 Å². The second-order valence-corrected chi connectivity index (χ2v) is 16.9. The van der Waals surface area contributed by atoms with Gasteiger partial charge in [0.25, 0.3) is 0 Å². The lowest BCUT2D eigenvalue weighted by Crippen LogP contribution is -2.60. The first-order valence-electron chi connectivity index (χ1n) is 23.9. The quantitative estimate of drug-likeness (QED) is 0.0171. The number of carbonyl (C=O) groups excluding carboxylic acids is 1. The Bertz CT molecular complexity index is 1050. The summed E-state index contributed by atoms with van der Waals surface area (Å²) in [6, 6.07) is -1.19. The van der Waals surface area contributed by atoms with Crippen LogP contribution in [0.25, 0.3) is 0 Å². The number of unbranched alkanes of at least 4 members (excludes halogenated alkanes) is 22. The van der Waals surface area contributed by atoms with Gasteiger partial charge in [-0.3, -0.25) is 4.79 Å². The molecule has 9 atom stereocenters. The van der Waals surface area contributed by atoms with Gasteiger partial charge in [0.2, 0.25) is 5.91 Å². The SMILES string of the molecule is CCCCC/C=C\C=C/CCCCCCCC(O)C(=O)NC(COC1OC(CO)C(O)C(O)C1O)C(O)C(O)CCC/C=C/CCCCCCCCCCCCCCC. The summed E-state index contributed by atoms with van der Waals surface area (Å²) in [6.45, 7) is 3.38. The zero-order valence-electron chi connectivity index (χ0n) is 37.2. The Kier molecular flexibility index (Phi) is 35.7. The molecular weight excluding hydrogens is 751 g/mol. The number of carbonyl (C=O) groups is 1. The van der Waals surface area contributed by atoms with E-state index < -0.39 is 74.2 Å². The van der Waals surface area contributed by atoms with Crippen LogP contribution in [0.5, 0.6) is 0 Å². The van der Waals surface area contributed by atoms with E-state index in [4.69, 9.17) is 9.47 Å². The second-order valence-electron chi connectivity index (χ2n) is 16.9. The number of ether oxygens (including phenoxy) is 2. The molecule has 1 heterocycles. The molecule has 0 aromatic rings. The first-order valence-corrected chi connectivity index (χ1v) is 23.9. The van der Waals surface area contributed by atoms with Crippen molar-refractivity contribution in [2.45, 2.75) is 249 Å². The Morgan fingerprint density at radius 2 is 1.05 bits per heavy atom. The number of hydrogen-bond acceptors (Lipinski definition) is 10. The Balaban J connectivity index is 2.47. The van der Waals surface area contributed by atoms with Crippen LogP contribution in [0.3, 0.4) is 0 Å². The van der Waals surface area contributed by atoms with Crippen molar-refractivity contribution in [2.24, 2.45) is 0 Å². The highest BCUT2D eigenvalue weighted by Gasteiger charge is 2.44. The fourth-order valence-electron chi connectivity index (χ4n) is 7.43. The molecule has 0 radical (unpaired) electrons. The molecule has 0 saturated carbocycles. The van der Waals surface area contributed by atoms with Gasteiger partial charge in [-0.05, 0) is 64.2 Å². The summed E-state index contributed by atoms with van der Waals surface area (Å²) in [5, 5.41) is 75.6. The minimum atomic E-state index is -1.67. The molecular formula is C48H89NO10. The molecule has 59 heavy (non-hydrogen) atoms. The Morgan fingerprint density at radius 3 is 1.59 bits per heavy atom. The number of aliphatic hydroxyl groups excluding tert-OH is 7. The average molecular weight is 840 g/mol. The maximum Gasteiger partial charge on any atom is 0.249 e. The van der Waals surface area contributed by atoms with Crippen LogP contribution in [0.2, 0.25) is 0 Å². The van der Waals surface area contributed by atoms with E-state index in [9.17, 15) is 40.5 Å². The maximum absolute atomic E-state index is 13.1. The summed E-state index contributed by atoms with van der Waals surface area (Å²) < 4.78 is 11.1. The molecule has 0 aromatic carbocycles. The minimum absolute atomic E-state index is 0.235. The van der Waals surface area contributed by atoms with Gasteiger partial charge in [0.1, 0.15) is 36.6 Å². The fourth-order valence-corrected chi connectivity index (χ4v) is 7.43. The highest BCUT2D eigenvalue weighted by atomic mass is 16.7. The summed E-state index contributed by atoms with van der Waals surface area (Å²) >= 11 is 0. The predicted molar refractivity (Wildman–Crippen MR) is 238 cm³/mol. The highest BCUT2D eigenvalue weighted by Crippen LogP contribution is 2.23. The van der Waals surface area contributed by atoms with E-state index in [1.54, 1.807) is 0 Å². The Labute approximate surface area is 358 Å². The van der Waals surface area contributed by atoms with Crippen molar-refractivity contribution >= 4 is 5.91 Å². The summed E-state index contributed by atoms with van der Waals surface area (Å²) in [4.78, 5) is 13.1. The van der Waals surface area contributed by atoms with Crippen molar-refractivity contribution in [3.8, 4) is 0 Å². The molecule has 1 aliphatic heterocycles. The van der Waals surface area contributed by atoms with Crippen LogP contribution in [0.1, 0.15) is 194 Å². The Morgan fingerprint density at radius 1 is 0.593 bits per heavy atom. The van der Waals surface area contributed by atoms with Crippen LogP contribution in [0, 0.1) is 0 Å². The van der Waals surface area contributed by atoms with Crippen LogP contribution in [0.4, 0.5) is 0 Å². The van der Waals surface area contributed by atoms with Gasteiger partial charge in [-0.25, -0.2) is 0 Å². The van der Waals surface area contributed by atoms with E-state index in [2.05, 4.69) is 55.6 Å². The van der Waals surface area contributed by atoms with Gasteiger partial charge < -0.3 is 50.5 Å². The summed E-state index contributed by atoms with van der Waals surface area (Å²) in [5.41, 5.74) is 0. The van der Waals surface area contributed by atoms with Crippen LogP contribution >= 0.6 is 0 Å². The van der Waals surface area contributed by atoms with Crippen molar-refractivity contribution < 1.29 is 50.0 Å². The van der Waals surface area contributed by atoms with Gasteiger partial charge in [0, 0.05) is 0 Å². The Hall–Kier alpha value is -1.67. The van der Waals surface area contributed by atoms with Crippen LogP contribution < -0.4 is 5.32 Å². The van der Waals surface area contributed by atoms with Crippen molar-refractivity contribution in [1.82, 2.24) is 5.32 Å². The molecule has 9 unspecified atom stereocenters.